The molecule has 2 heterocycles. The average molecular weight is 326 g/mol. The number of hydrogen-bond acceptors (Lipinski definition) is 5. The topological polar surface area (TPSA) is 105 Å². The van der Waals surface area contributed by atoms with Crippen LogP contribution in [0.4, 0.5) is 25.0 Å². The number of nitrogens with zero attached hydrogens (tertiary/aromatic N) is 2. The lowest BCUT2D eigenvalue weighted by Crippen LogP contribution is -2.59. The summed E-state index contributed by atoms with van der Waals surface area (Å²) in [4.78, 5) is 34.3. The molecule has 0 saturated carbocycles. The van der Waals surface area contributed by atoms with Crippen molar-refractivity contribution in [2.75, 3.05) is 18.0 Å². The molecule has 1 aromatic rings. The molecule has 2 aliphatic heterocycles. The minimum Gasteiger partial charge on any atom is -0.364 e. The predicted molar refractivity (Wildman–Crippen MR) is 73.9 cm³/mol. The fourth-order valence-corrected chi connectivity index (χ4v) is 3.02. The Kier molecular flexibility index (Phi) is 3.38. The molecule has 2 fully saturated rings. The third-order valence-electron chi connectivity index (χ3n) is 4.04. The van der Waals surface area contributed by atoms with Gasteiger partial charge >= 0.3 is 6.03 Å². The highest BCUT2D eigenvalue weighted by atomic mass is 19.1. The third-order valence-corrected chi connectivity index (χ3v) is 4.04. The molecular weight excluding hydrogens is 314 g/mol. The quantitative estimate of drug-likeness (QED) is 0.480. The molecular formula is C13H12F2N4O4. The minimum absolute atomic E-state index is 0.115. The fraction of sp³-hybridized carbons (Fsp3) is 0.385. The summed E-state index contributed by atoms with van der Waals surface area (Å²) in [5.41, 5.74) is -2.37. The van der Waals surface area contributed by atoms with E-state index in [-0.39, 0.29) is 13.1 Å². The first kappa shape index (κ1) is 15.1. The summed E-state index contributed by atoms with van der Waals surface area (Å²) in [6.45, 7) is 0.146. The number of nitro benzene ring substituents is 1. The van der Waals surface area contributed by atoms with Gasteiger partial charge in [-0.2, -0.15) is 0 Å². The van der Waals surface area contributed by atoms with Crippen LogP contribution in [-0.4, -0.2) is 35.5 Å². The molecule has 0 bridgehead atoms. The van der Waals surface area contributed by atoms with Crippen LogP contribution in [0, 0.1) is 21.7 Å². The van der Waals surface area contributed by atoms with E-state index < -0.39 is 45.4 Å². The number of nitrogens with one attached hydrogen (secondary N) is 2. The van der Waals surface area contributed by atoms with Crippen LogP contribution in [0.3, 0.4) is 0 Å². The highest BCUT2D eigenvalue weighted by molar-refractivity contribution is 6.07. The van der Waals surface area contributed by atoms with Crippen LogP contribution in [0.2, 0.25) is 0 Å². The second kappa shape index (κ2) is 5.14. The van der Waals surface area contributed by atoms with Crippen LogP contribution in [0.1, 0.15) is 12.8 Å². The largest absolute Gasteiger partial charge is 0.364 e. The summed E-state index contributed by atoms with van der Waals surface area (Å²) in [5, 5.41) is 15.2. The Balaban J connectivity index is 1.95. The number of anilines is 1. The molecule has 2 N–H and O–H groups in total. The number of amides is 3. The van der Waals surface area contributed by atoms with Crippen LogP contribution < -0.4 is 15.5 Å². The first-order chi connectivity index (χ1) is 10.8. The summed E-state index contributed by atoms with van der Waals surface area (Å²) >= 11 is 0. The highest BCUT2D eigenvalue weighted by Crippen LogP contribution is 2.33. The fourth-order valence-electron chi connectivity index (χ4n) is 3.02. The normalized spacial score (nSPS) is 23.8. The summed E-state index contributed by atoms with van der Waals surface area (Å²) in [7, 11) is 0. The van der Waals surface area contributed by atoms with Crippen LogP contribution >= 0.6 is 0 Å². The smallest absolute Gasteiger partial charge is 0.322 e. The molecule has 0 aromatic heterocycles. The van der Waals surface area contributed by atoms with E-state index in [1.807, 2.05) is 0 Å². The molecule has 0 aliphatic carbocycles. The van der Waals surface area contributed by atoms with Crippen molar-refractivity contribution in [3.8, 4) is 0 Å². The maximum absolute atomic E-state index is 14.1. The molecule has 1 unspecified atom stereocenters. The molecule has 122 valence electrons. The Morgan fingerprint density at radius 3 is 2.43 bits per heavy atom. The van der Waals surface area contributed by atoms with Gasteiger partial charge in [-0.25, -0.2) is 13.6 Å². The number of hydrogen-bond donors (Lipinski definition) is 2. The van der Waals surface area contributed by atoms with Gasteiger partial charge in [-0.3, -0.25) is 20.2 Å². The standard InChI is InChI=1S/C13H12F2N4O4/c14-8-4-7(19(22)23)5-9(15)10(8)18-3-1-2-13(6-18)11(20)16-12(21)17-13/h4-5H,1-3,6H2,(H2,16,17,20,21). The number of carbonyl (C=O) groups is 2. The van der Waals surface area contributed by atoms with Gasteiger partial charge in [0, 0.05) is 6.54 Å². The first-order valence-electron chi connectivity index (χ1n) is 6.84. The van der Waals surface area contributed by atoms with Gasteiger partial charge in [0.05, 0.1) is 23.6 Å². The van der Waals surface area contributed by atoms with Gasteiger partial charge in [-0.15, -0.1) is 0 Å². The molecule has 1 spiro atoms. The third kappa shape index (κ3) is 2.45. The van der Waals surface area contributed by atoms with Crippen molar-refractivity contribution in [1.82, 2.24) is 10.6 Å². The van der Waals surface area contributed by atoms with Crippen LogP contribution in [0.15, 0.2) is 12.1 Å². The number of urea groups is 1. The lowest BCUT2D eigenvalue weighted by Gasteiger charge is -2.39. The molecule has 2 saturated heterocycles. The van der Waals surface area contributed by atoms with Gasteiger partial charge in [0.15, 0.2) is 11.6 Å². The second-order valence-electron chi connectivity index (χ2n) is 5.53. The molecule has 23 heavy (non-hydrogen) atoms. The highest BCUT2D eigenvalue weighted by Gasteiger charge is 2.49. The van der Waals surface area contributed by atoms with Crippen LogP contribution in [0.25, 0.3) is 0 Å². The van der Waals surface area contributed by atoms with E-state index in [0.717, 1.165) is 0 Å². The SMILES string of the molecule is O=C1NC(=O)C2(CCCN(c3c(F)cc([N+](=O)[O-])cc3F)C2)N1. The van der Waals surface area contributed by atoms with E-state index in [1.165, 1.54) is 4.90 Å². The summed E-state index contributed by atoms with van der Waals surface area (Å²) < 4.78 is 28.3. The maximum Gasteiger partial charge on any atom is 0.322 e. The Hall–Kier alpha value is -2.78. The van der Waals surface area contributed by atoms with E-state index in [2.05, 4.69) is 10.6 Å². The summed E-state index contributed by atoms with van der Waals surface area (Å²) in [5.74, 6) is -2.72. The zero-order chi connectivity index (χ0) is 16.8. The zero-order valence-electron chi connectivity index (χ0n) is 11.8. The van der Waals surface area contributed by atoms with Crippen molar-refractivity contribution in [3.05, 3.63) is 33.9 Å². The minimum atomic E-state index is -1.24. The van der Waals surface area contributed by atoms with Crippen molar-refractivity contribution in [2.45, 2.75) is 18.4 Å². The number of halogens is 2. The van der Waals surface area contributed by atoms with Gasteiger partial charge in [0.25, 0.3) is 11.6 Å². The number of rotatable bonds is 2. The van der Waals surface area contributed by atoms with E-state index in [0.29, 0.717) is 25.0 Å². The monoisotopic (exact) mass is 326 g/mol. The van der Waals surface area contributed by atoms with Crippen molar-refractivity contribution in [1.29, 1.82) is 0 Å². The lowest BCUT2D eigenvalue weighted by molar-refractivity contribution is -0.385. The van der Waals surface area contributed by atoms with E-state index in [4.69, 9.17) is 0 Å². The van der Waals surface area contributed by atoms with Gasteiger partial charge < -0.3 is 10.2 Å². The number of non-ortho nitro benzene ring substituents is 1. The zero-order valence-corrected chi connectivity index (χ0v) is 11.8. The van der Waals surface area contributed by atoms with Crippen molar-refractivity contribution < 1.29 is 23.3 Å². The molecule has 0 radical (unpaired) electrons. The molecule has 8 nitrogen and oxygen atoms in total. The molecule has 2 aliphatic rings. The number of piperidine rings is 1. The van der Waals surface area contributed by atoms with Crippen LogP contribution in [0.5, 0.6) is 0 Å². The molecule has 3 rings (SSSR count). The van der Waals surface area contributed by atoms with Gasteiger partial charge in [-0.05, 0) is 12.8 Å². The van der Waals surface area contributed by atoms with Gasteiger partial charge in [0.2, 0.25) is 0 Å². The second-order valence-corrected chi connectivity index (χ2v) is 5.53. The van der Waals surface area contributed by atoms with E-state index >= 15 is 0 Å². The van der Waals surface area contributed by atoms with Crippen molar-refractivity contribution in [3.63, 3.8) is 0 Å². The van der Waals surface area contributed by atoms with Crippen molar-refractivity contribution in [2.24, 2.45) is 0 Å². The average Bonchev–Trinajstić information content (AvgIpc) is 2.71. The summed E-state index contributed by atoms with van der Waals surface area (Å²) in [6.07, 6.45) is 0.765. The molecule has 1 aromatic carbocycles. The summed E-state index contributed by atoms with van der Waals surface area (Å²) in [6, 6.07) is 0.612. The Labute approximate surface area is 128 Å². The Morgan fingerprint density at radius 1 is 1.26 bits per heavy atom. The Bertz CT molecular complexity index is 703. The number of imide groups is 1. The Morgan fingerprint density at radius 2 is 1.91 bits per heavy atom. The van der Waals surface area contributed by atoms with E-state index in [1.54, 1.807) is 0 Å². The first-order valence-corrected chi connectivity index (χ1v) is 6.84. The maximum atomic E-state index is 14.1. The van der Waals surface area contributed by atoms with Gasteiger partial charge in [0.1, 0.15) is 11.2 Å². The molecule has 3 amide bonds. The predicted octanol–water partition coefficient (Wildman–Crippen LogP) is 1.05. The number of benzene rings is 1. The van der Waals surface area contributed by atoms with E-state index in [9.17, 15) is 28.5 Å². The number of nitro groups is 1. The number of carbonyl (C=O) groups excluding carboxylic acids is 2. The molecule has 1 atom stereocenters. The van der Waals surface area contributed by atoms with Crippen LogP contribution in [-0.2, 0) is 4.79 Å². The molecule has 10 heteroatoms. The lowest BCUT2D eigenvalue weighted by atomic mass is 9.89. The van der Waals surface area contributed by atoms with Gasteiger partial charge in [-0.1, -0.05) is 0 Å². The van der Waals surface area contributed by atoms with Crippen molar-refractivity contribution >= 4 is 23.3 Å².